The van der Waals surface area contributed by atoms with Crippen molar-refractivity contribution >= 4 is 27.7 Å². The second kappa shape index (κ2) is 7.34. The second-order valence-corrected chi connectivity index (χ2v) is 9.78. The van der Waals surface area contributed by atoms with E-state index < -0.39 is 0 Å². The Morgan fingerprint density at radius 3 is 2.31 bits per heavy atom. The Kier molecular flexibility index (Phi) is 4.70. The molecule has 0 radical (unpaired) electrons. The van der Waals surface area contributed by atoms with E-state index in [0.29, 0.717) is 0 Å². The summed E-state index contributed by atoms with van der Waals surface area (Å²) >= 11 is 0. The lowest BCUT2D eigenvalue weighted by atomic mass is 9.64. The van der Waals surface area contributed by atoms with Gasteiger partial charge in [-0.05, 0) is 62.4 Å². The van der Waals surface area contributed by atoms with Crippen molar-refractivity contribution in [2.45, 2.75) is 19.3 Å². The molecule has 5 rings (SSSR count). The van der Waals surface area contributed by atoms with Crippen LogP contribution in [-0.2, 0) is 5.41 Å². The number of allylic oxidation sites excluding steroid dienone is 5. The molecule has 3 aromatic rings. The predicted molar refractivity (Wildman–Crippen MR) is 138 cm³/mol. The molecule has 0 amide bonds. The molecule has 2 heteroatoms. The first-order valence-electron chi connectivity index (χ1n) is 11.3. The quantitative estimate of drug-likeness (QED) is 0.448. The molecule has 0 aromatic heterocycles. The van der Waals surface area contributed by atoms with Crippen LogP contribution in [0.15, 0.2) is 90.0 Å². The number of hydrogen-bond acceptors (Lipinski definition) is 1. The van der Waals surface area contributed by atoms with Crippen LogP contribution < -0.4 is 4.90 Å². The fourth-order valence-corrected chi connectivity index (χ4v) is 5.11. The zero-order chi connectivity index (χ0) is 22.6. The highest BCUT2D eigenvalue weighted by atomic mass is 15.1. The van der Waals surface area contributed by atoms with Crippen molar-refractivity contribution in [1.29, 1.82) is 0 Å². The molecular weight excluding hydrogens is 388 g/mol. The minimum absolute atomic E-state index is 0.100. The molecule has 0 aliphatic heterocycles. The molecule has 32 heavy (non-hydrogen) atoms. The Bertz CT molecular complexity index is 1370. The lowest BCUT2D eigenvalue weighted by Gasteiger charge is -2.39. The van der Waals surface area contributed by atoms with Crippen molar-refractivity contribution in [2.24, 2.45) is 0 Å². The van der Waals surface area contributed by atoms with Gasteiger partial charge in [0.25, 0.3) is 0 Å². The Hall–Kier alpha value is -3.39. The molecule has 0 unspecified atom stereocenters. The fraction of sp³-hybridized carbons (Fsp3) is 0.233. The highest BCUT2D eigenvalue weighted by molar-refractivity contribution is 6.08. The maximum absolute atomic E-state index is 2.38. The molecule has 0 bridgehead atoms. The summed E-state index contributed by atoms with van der Waals surface area (Å²) < 4.78 is 2.19. The van der Waals surface area contributed by atoms with Crippen molar-refractivity contribution in [3.05, 3.63) is 107 Å². The summed E-state index contributed by atoms with van der Waals surface area (Å²) in [5.74, 6) is 0. The minimum atomic E-state index is -0.100. The highest BCUT2D eigenvalue weighted by Gasteiger charge is 2.39. The molecular formula is C30H31N2+. The van der Waals surface area contributed by atoms with Gasteiger partial charge in [0.1, 0.15) is 14.1 Å². The topological polar surface area (TPSA) is 6.25 Å². The normalized spacial score (nSPS) is 16.6. The first-order chi connectivity index (χ1) is 15.3. The Balaban J connectivity index is 1.91. The Morgan fingerprint density at radius 2 is 1.56 bits per heavy atom. The van der Waals surface area contributed by atoms with Crippen molar-refractivity contribution in [2.75, 3.05) is 33.1 Å². The van der Waals surface area contributed by atoms with E-state index in [4.69, 9.17) is 0 Å². The van der Waals surface area contributed by atoms with E-state index >= 15 is 0 Å². The summed E-state index contributed by atoms with van der Waals surface area (Å²) in [6.45, 7) is 4.73. The van der Waals surface area contributed by atoms with E-state index in [2.05, 4.69) is 130 Å². The van der Waals surface area contributed by atoms with E-state index in [1.807, 2.05) is 0 Å². The highest BCUT2D eigenvalue weighted by Crippen LogP contribution is 2.51. The summed E-state index contributed by atoms with van der Waals surface area (Å²) in [6.07, 6.45) is 6.96. The third-order valence-electron chi connectivity index (χ3n) is 6.98. The molecule has 2 aliphatic carbocycles. The van der Waals surface area contributed by atoms with Crippen LogP contribution in [0.25, 0.3) is 16.3 Å². The van der Waals surface area contributed by atoms with Crippen LogP contribution in [0.1, 0.15) is 30.5 Å². The average molecular weight is 420 g/mol. The monoisotopic (exact) mass is 419 g/mol. The summed E-state index contributed by atoms with van der Waals surface area (Å²) in [6, 6.07) is 22.4. The van der Waals surface area contributed by atoms with Crippen LogP contribution in [-0.4, -0.2) is 38.5 Å². The molecule has 0 atom stereocenters. The van der Waals surface area contributed by atoms with E-state index in [1.54, 1.807) is 0 Å². The van der Waals surface area contributed by atoms with Crippen LogP contribution in [0, 0.1) is 0 Å². The van der Waals surface area contributed by atoms with Crippen molar-refractivity contribution < 1.29 is 4.58 Å². The molecule has 2 aliphatic rings. The average Bonchev–Trinajstić information content (AvgIpc) is 2.79. The zero-order valence-corrected chi connectivity index (χ0v) is 19.9. The SMILES string of the molecule is CN(C)c1ccc2c(c1)C(C)(C)C1=CC(=[N+](C)C)C=CC1=C2c1cccc2ccccc12. The van der Waals surface area contributed by atoms with Crippen LogP contribution in [0.3, 0.4) is 0 Å². The predicted octanol–water partition coefficient (Wildman–Crippen LogP) is 6.21. The fourth-order valence-electron chi connectivity index (χ4n) is 5.11. The lowest BCUT2D eigenvalue weighted by Crippen LogP contribution is -2.30. The van der Waals surface area contributed by atoms with E-state index in [0.717, 1.165) is 0 Å². The number of fused-ring (bicyclic) bond motifs is 3. The smallest absolute Gasteiger partial charge is 0.199 e. The third-order valence-corrected chi connectivity index (χ3v) is 6.98. The second-order valence-electron chi connectivity index (χ2n) is 9.78. The van der Waals surface area contributed by atoms with Gasteiger partial charge in [-0.25, -0.2) is 4.58 Å². The molecule has 0 fully saturated rings. The molecule has 0 spiro atoms. The standard InChI is InChI=1S/C30H31N2/c1-30(2)27-18-21(31(3)4)14-16-25(27)29(26-17-15-22(32(5)6)19-28(26)30)24-13-9-11-20-10-7-8-12-23(20)24/h7-19H,1-6H3/q+1. The molecule has 3 aromatic carbocycles. The van der Waals surface area contributed by atoms with Crippen molar-refractivity contribution in [3.63, 3.8) is 0 Å². The van der Waals surface area contributed by atoms with Gasteiger partial charge in [-0.1, -0.05) is 62.4 Å². The van der Waals surface area contributed by atoms with Crippen LogP contribution >= 0.6 is 0 Å². The summed E-state index contributed by atoms with van der Waals surface area (Å²) in [7, 11) is 8.46. The van der Waals surface area contributed by atoms with Gasteiger partial charge in [0.15, 0.2) is 5.71 Å². The number of anilines is 1. The van der Waals surface area contributed by atoms with E-state index in [9.17, 15) is 0 Å². The van der Waals surface area contributed by atoms with Crippen molar-refractivity contribution in [1.82, 2.24) is 0 Å². The van der Waals surface area contributed by atoms with Gasteiger partial charge < -0.3 is 4.90 Å². The first kappa shape index (κ1) is 20.5. The van der Waals surface area contributed by atoms with Gasteiger partial charge in [0.2, 0.25) is 0 Å². The minimum Gasteiger partial charge on any atom is -0.378 e. The van der Waals surface area contributed by atoms with Gasteiger partial charge in [-0.15, -0.1) is 0 Å². The van der Waals surface area contributed by atoms with E-state index in [1.165, 1.54) is 55.6 Å². The van der Waals surface area contributed by atoms with Gasteiger partial charge in [0.05, 0.1) is 0 Å². The maximum Gasteiger partial charge on any atom is 0.199 e. The molecule has 2 nitrogen and oxygen atoms in total. The summed E-state index contributed by atoms with van der Waals surface area (Å²) in [4.78, 5) is 2.19. The van der Waals surface area contributed by atoms with Gasteiger partial charge >= 0.3 is 0 Å². The molecule has 0 heterocycles. The molecule has 160 valence electrons. The zero-order valence-electron chi connectivity index (χ0n) is 19.9. The van der Waals surface area contributed by atoms with Gasteiger partial charge in [-0.2, -0.15) is 0 Å². The number of nitrogens with zero attached hydrogens (tertiary/aromatic N) is 2. The van der Waals surface area contributed by atoms with E-state index in [-0.39, 0.29) is 5.41 Å². The summed E-state index contributed by atoms with van der Waals surface area (Å²) in [5, 5.41) is 2.58. The number of hydrogen-bond donors (Lipinski definition) is 0. The summed E-state index contributed by atoms with van der Waals surface area (Å²) in [5.41, 5.74) is 10.5. The number of rotatable bonds is 2. The third kappa shape index (κ3) is 3.05. The number of benzene rings is 3. The van der Waals surface area contributed by atoms with Crippen LogP contribution in [0.5, 0.6) is 0 Å². The van der Waals surface area contributed by atoms with Gasteiger partial charge in [-0.3, -0.25) is 0 Å². The largest absolute Gasteiger partial charge is 0.378 e. The molecule has 0 saturated heterocycles. The van der Waals surface area contributed by atoms with Crippen molar-refractivity contribution in [3.8, 4) is 0 Å². The Morgan fingerprint density at radius 1 is 0.812 bits per heavy atom. The molecule has 0 N–H and O–H groups in total. The van der Waals surface area contributed by atoms with Crippen LogP contribution in [0.2, 0.25) is 0 Å². The Labute approximate surface area is 191 Å². The molecule has 0 saturated carbocycles. The van der Waals surface area contributed by atoms with Crippen LogP contribution in [0.4, 0.5) is 5.69 Å². The van der Waals surface area contributed by atoms with Gasteiger partial charge in [0, 0.05) is 37.3 Å². The maximum atomic E-state index is 2.38. The first-order valence-corrected chi connectivity index (χ1v) is 11.3. The lowest BCUT2D eigenvalue weighted by molar-refractivity contribution is -0.462.